The Morgan fingerprint density at radius 2 is 1.84 bits per heavy atom. The van der Waals surface area contributed by atoms with E-state index in [4.69, 9.17) is 0 Å². The highest BCUT2D eigenvalue weighted by molar-refractivity contribution is 7.87. The molecule has 2 aromatic rings. The fourth-order valence-electron chi connectivity index (χ4n) is 6.68. The summed E-state index contributed by atoms with van der Waals surface area (Å²) in [6, 6.07) is 5.95. The summed E-state index contributed by atoms with van der Waals surface area (Å²) in [4.78, 5) is 6.17. The van der Waals surface area contributed by atoms with Gasteiger partial charge in [0.2, 0.25) is 0 Å². The van der Waals surface area contributed by atoms with Gasteiger partial charge in [-0.05, 0) is 61.1 Å². The number of hydrogen-bond acceptors (Lipinski definition) is 5. The van der Waals surface area contributed by atoms with Gasteiger partial charge in [0.25, 0.3) is 16.1 Å². The molecule has 2 aliphatic heterocycles. The summed E-state index contributed by atoms with van der Waals surface area (Å²) in [5, 5.41) is 1.42. The lowest BCUT2D eigenvalue weighted by Gasteiger charge is -2.33. The predicted octanol–water partition coefficient (Wildman–Crippen LogP) is 4.62. The van der Waals surface area contributed by atoms with Crippen LogP contribution in [0, 0.1) is 11.8 Å². The van der Waals surface area contributed by atoms with Crippen molar-refractivity contribution in [1.82, 2.24) is 14.0 Å². The Hall–Kier alpha value is -1.83. The monoisotopic (exact) mass is 562 g/mol. The molecule has 0 amide bonds. The summed E-state index contributed by atoms with van der Waals surface area (Å²) in [6.07, 6.45) is -0.0304. The largest absolute Gasteiger partial charge is 0.402 e. The van der Waals surface area contributed by atoms with Crippen LogP contribution in [0.4, 0.5) is 27.0 Å². The van der Waals surface area contributed by atoms with Crippen LogP contribution in [-0.2, 0) is 23.1 Å². The van der Waals surface area contributed by atoms with E-state index in [0.717, 1.165) is 29.5 Å². The highest BCUT2D eigenvalue weighted by Gasteiger charge is 2.60. The van der Waals surface area contributed by atoms with E-state index in [1.54, 1.807) is 11.1 Å². The molecule has 13 heteroatoms. The molecular weight excluding hydrogens is 535 g/mol. The minimum atomic E-state index is -4.61. The Balaban J connectivity index is 1.26. The Morgan fingerprint density at radius 1 is 1.11 bits per heavy atom. The zero-order valence-electron chi connectivity index (χ0n) is 19.9. The van der Waals surface area contributed by atoms with Gasteiger partial charge in [-0.25, -0.2) is 13.8 Å². The summed E-state index contributed by atoms with van der Waals surface area (Å²) in [6.45, 7) is -1.42. The van der Waals surface area contributed by atoms with Crippen LogP contribution in [0.1, 0.15) is 36.8 Å². The first-order valence-electron chi connectivity index (χ1n) is 12.4. The van der Waals surface area contributed by atoms with Gasteiger partial charge in [-0.2, -0.15) is 30.6 Å². The first kappa shape index (κ1) is 25.4. The van der Waals surface area contributed by atoms with Gasteiger partial charge >= 0.3 is 6.18 Å². The third-order valence-electron chi connectivity index (χ3n) is 8.36. The molecule has 1 saturated carbocycles. The minimum Gasteiger partial charge on any atom is -0.356 e. The molecule has 0 radical (unpaired) electrons. The molecule has 37 heavy (non-hydrogen) atoms. The van der Waals surface area contributed by atoms with E-state index in [0.29, 0.717) is 40.1 Å². The van der Waals surface area contributed by atoms with Gasteiger partial charge in [-0.1, -0.05) is 23.5 Å². The van der Waals surface area contributed by atoms with Crippen LogP contribution in [0.3, 0.4) is 0 Å². The van der Waals surface area contributed by atoms with Crippen molar-refractivity contribution in [3.8, 4) is 10.6 Å². The smallest absolute Gasteiger partial charge is 0.356 e. The highest BCUT2D eigenvalue weighted by Crippen LogP contribution is 2.51. The zero-order valence-corrected chi connectivity index (χ0v) is 21.5. The normalized spacial score (nSPS) is 31.0. The number of anilines is 1. The van der Waals surface area contributed by atoms with E-state index < -0.39 is 34.4 Å². The molecule has 1 aromatic carbocycles. The number of thiazole rings is 1. The SMILES string of the molecule is O=S1(=O)N[C@@]2(CN1CC(F)(F)F)[C@@H]1CC[C@H]2Cc2ccc(-c3ncc(N4CCCC(F)(F)C4)s3)cc2C1. The first-order chi connectivity index (χ1) is 17.3. The second-order valence-electron chi connectivity index (χ2n) is 10.8. The van der Waals surface area contributed by atoms with Crippen LogP contribution >= 0.6 is 11.3 Å². The van der Waals surface area contributed by atoms with Gasteiger partial charge in [0.15, 0.2) is 0 Å². The maximum atomic E-state index is 13.9. The van der Waals surface area contributed by atoms with Crippen molar-refractivity contribution in [2.24, 2.45) is 11.8 Å². The van der Waals surface area contributed by atoms with Crippen LogP contribution in [0.5, 0.6) is 0 Å². The molecule has 6 nitrogen and oxygen atoms in total. The van der Waals surface area contributed by atoms with E-state index in [1.807, 2.05) is 18.2 Å². The number of benzene rings is 1. The van der Waals surface area contributed by atoms with Crippen molar-refractivity contribution >= 4 is 26.5 Å². The van der Waals surface area contributed by atoms with Crippen molar-refractivity contribution in [2.75, 3.05) is 31.1 Å². The maximum absolute atomic E-state index is 13.9. The summed E-state index contributed by atoms with van der Waals surface area (Å²) in [7, 11) is -4.23. The van der Waals surface area contributed by atoms with Crippen LogP contribution in [0.15, 0.2) is 24.4 Å². The second kappa shape index (κ2) is 8.59. The van der Waals surface area contributed by atoms with E-state index in [1.165, 1.54) is 11.3 Å². The Kier molecular flexibility index (Phi) is 5.91. The number of nitrogens with one attached hydrogen (secondary N) is 1. The fraction of sp³-hybridized carbons (Fsp3) is 0.625. The molecule has 202 valence electrons. The molecule has 2 saturated heterocycles. The van der Waals surface area contributed by atoms with E-state index >= 15 is 0 Å². The number of nitrogens with zero attached hydrogens (tertiary/aromatic N) is 3. The van der Waals surface area contributed by atoms with Crippen LogP contribution < -0.4 is 9.62 Å². The minimum absolute atomic E-state index is 0.0927. The van der Waals surface area contributed by atoms with Crippen molar-refractivity contribution in [3.05, 3.63) is 35.5 Å². The number of fused-ring (bicyclic) bond motifs is 1. The number of hydrogen-bond donors (Lipinski definition) is 1. The molecule has 6 rings (SSSR count). The number of halogens is 5. The summed E-state index contributed by atoms with van der Waals surface area (Å²) in [5.41, 5.74) is 2.04. The average molecular weight is 563 g/mol. The Labute approximate surface area is 216 Å². The lowest BCUT2D eigenvalue weighted by atomic mass is 9.79. The molecule has 3 heterocycles. The molecular formula is C24H27F5N4O2S2. The summed E-state index contributed by atoms with van der Waals surface area (Å²) < 4.78 is 95.7. The fourth-order valence-corrected chi connectivity index (χ4v) is 9.32. The lowest BCUT2D eigenvalue weighted by Crippen LogP contribution is -2.52. The third-order valence-corrected chi connectivity index (χ3v) is 11.0. The van der Waals surface area contributed by atoms with Crippen molar-refractivity contribution in [1.29, 1.82) is 0 Å². The molecule has 3 atom stereocenters. The number of alkyl halides is 5. The molecule has 3 fully saturated rings. The lowest BCUT2D eigenvalue weighted by molar-refractivity contribution is -0.136. The Morgan fingerprint density at radius 3 is 2.54 bits per heavy atom. The van der Waals surface area contributed by atoms with Crippen molar-refractivity contribution < 1.29 is 30.4 Å². The highest BCUT2D eigenvalue weighted by atomic mass is 32.2. The number of piperidine rings is 1. The number of aromatic nitrogens is 1. The van der Waals surface area contributed by atoms with E-state index in [2.05, 4.69) is 9.71 Å². The molecule has 4 aliphatic rings. The first-order valence-corrected chi connectivity index (χ1v) is 14.7. The molecule has 2 bridgehead atoms. The quantitative estimate of drug-likeness (QED) is 0.555. The molecule has 1 spiro atoms. The predicted molar refractivity (Wildman–Crippen MR) is 130 cm³/mol. The molecule has 0 unspecified atom stereocenters. The van der Waals surface area contributed by atoms with Gasteiger partial charge in [0, 0.05) is 25.1 Å². The molecule has 1 aromatic heterocycles. The van der Waals surface area contributed by atoms with Crippen LogP contribution in [0.25, 0.3) is 10.6 Å². The maximum Gasteiger partial charge on any atom is 0.402 e. The van der Waals surface area contributed by atoms with E-state index in [-0.39, 0.29) is 31.3 Å². The van der Waals surface area contributed by atoms with Crippen LogP contribution in [-0.4, -0.2) is 61.5 Å². The topological polar surface area (TPSA) is 65.5 Å². The third kappa shape index (κ3) is 4.65. The number of rotatable bonds is 3. The molecule has 1 N–H and O–H groups in total. The Bertz CT molecular complexity index is 1310. The summed E-state index contributed by atoms with van der Waals surface area (Å²) in [5.74, 6) is -2.92. The van der Waals surface area contributed by atoms with Gasteiger partial charge in [-0.3, -0.25) is 0 Å². The van der Waals surface area contributed by atoms with Gasteiger partial charge in [-0.15, -0.1) is 0 Å². The summed E-state index contributed by atoms with van der Waals surface area (Å²) >= 11 is 1.37. The van der Waals surface area contributed by atoms with Gasteiger partial charge in [0.1, 0.15) is 16.6 Å². The van der Waals surface area contributed by atoms with Gasteiger partial charge < -0.3 is 4.90 Å². The van der Waals surface area contributed by atoms with Gasteiger partial charge in [0.05, 0.1) is 18.3 Å². The van der Waals surface area contributed by atoms with E-state index in [9.17, 15) is 30.4 Å². The average Bonchev–Trinajstić information content (AvgIpc) is 3.42. The second-order valence-corrected chi connectivity index (χ2v) is 13.5. The zero-order chi connectivity index (χ0) is 26.2. The van der Waals surface area contributed by atoms with Crippen LogP contribution in [0.2, 0.25) is 0 Å². The standard InChI is InChI=1S/C24H27F5N4O2S2/c25-22(26)6-1-7-32(12-22)20-11-30-21(36-20)16-3-2-15-9-18-4-5-19(10-17(15)8-16)23(18)13-33(14-24(27,28)29)37(34,35)31-23/h2-3,8,11,18-19,31H,1,4-7,9-10,12-14H2/t18-,19+,23+/m0/s1. The van der Waals surface area contributed by atoms with Crippen molar-refractivity contribution in [2.45, 2.75) is 56.2 Å². The molecule has 2 aliphatic carbocycles. The van der Waals surface area contributed by atoms with Crippen molar-refractivity contribution in [3.63, 3.8) is 0 Å².